The maximum Gasteiger partial charge on any atom is 0.329 e. The van der Waals surface area contributed by atoms with Crippen molar-refractivity contribution < 1.29 is 14.7 Å². The average Bonchev–Trinajstić information content (AvgIpc) is 2.91. The van der Waals surface area contributed by atoms with Crippen LogP contribution in [0.4, 0.5) is 10.6 Å². The molecule has 7 heteroatoms. The van der Waals surface area contributed by atoms with Crippen molar-refractivity contribution in [1.29, 1.82) is 0 Å². The standard InChI is InChI=1S/C18H22N4O3/c1-21-14-10-11(12-4-2-3-5-15(12)23)6-7-13(14)17(20-21)22-9-8-16(24)19-18(22)25/h6-7,10,12,15,23H,2-5,8-9H2,1H3,(H,19,24,25)/t12-,15-/m1/s1. The molecule has 2 heterocycles. The Labute approximate surface area is 145 Å². The Morgan fingerprint density at radius 2 is 2.04 bits per heavy atom. The van der Waals surface area contributed by atoms with Gasteiger partial charge in [0.2, 0.25) is 5.91 Å². The van der Waals surface area contributed by atoms with Crippen LogP contribution in [-0.2, 0) is 11.8 Å². The zero-order valence-corrected chi connectivity index (χ0v) is 14.2. The molecule has 2 atom stereocenters. The molecule has 4 rings (SSSR count). The number of aryl methyl sites for hydroxylation is 1. The van der Waals surface area contributed by atoms with Gasteiger partial charge in [0.1, 0.15) is 0 Å². The third-order valence-electron chi connectivity index (χ3n) is 5.32. The van der Waals surface area contributed by atoms with E-state index >= 15 is 0 Å². The van der Waals surface area contributed by atoms with Gasteiger partial charge in [-0.3, -0.25) is 19.7 Å². The fourth-order valence-electron chi connectivity index (χ4n) is 3.95. The molecule has 1 aliphatic heterocycles. The van der Waals surface area contributed by atoms with E-state index in [-0.39, 0.29) is 24.3 Å². The number of aliphatic hydroxyl groups excluding tert-OH is 1. The van der Waals surface area contributed by atoms with Crippen LogP contribution in [0.15, 0.2) is 18.2 Å². The second-order valence-electron chi connectivity index (χ2n) is 6.94. The first kappa shape index (κ1) is 16.1. The Morgan fingerprint density at radius 3 is 2.80 bits per heavy atom. The number of aliphatic hydroxyl groups is 1. The Bertz CT molecular complexity index is 844. The Balaban J connectivity index is 1.71. The summed E-state index contributed by atoms with van der Waals surface area (Å²) >= 11 is 0. The quantitative estimate of drug-likeness (QED) is 0.874. The number of nitrogens with zero attached hydrogens (tertiary/aromatic N) is 3. The highest BCUT2D eigenvalue weighted by Crippen LogP contribution is 2.36. The Kier molecular flexibility index (Phi) is 3.95. The molecule has 2 aromatic rings. The molecule has 2 fully saturated rings. The molecule has 2 aliphatic rings. The predicted molar refractivity (Wildman–Crippen MR) is 93.4 cm³/mol. The van der Waals surface area contributed by atoms with Crippen molar-refractivity contribution in [1.82, 2.24) is 15.1 Å². The molecule has 1 aromatic heterocycles. The van der Waals surface area contributed by atoms with Crippen LogP contribution < -0.4 is 10.2 Å². The normalized spacial score (nSPS) is 24.6. The number of carbonyl (C=O) groups is 2. The van der Waals surface area contributed by atoms with Gasteiger partial charge in [0.25, 0.3) is 0 Å². The maximum absolute atomic E-state index is 12.1. The van der Waals surface area contributed by atoms with E-state index in [2.05, 4.69) is 16.5 Å². The van der Waals surface area contributed by atoms with E-state index in [1.165, 1.54) is 4.90 Å². The number of hydrogen-bond donors (Lipinski definition) is 2. The minimum atomic E-state index is -0.428. The van der Waals surface area contributed by atoms with E-state index < -0.39 is 6.03 Å². The molecule has 1 saturated heterocycles. The van der Waals surface area contributed by atoms with Crippen molar-refractivity contribution in [3.8, 4) is 0 Å². The molecule has 0 spiro atoms. The number of urea groups is 1. The van der Waals surface area contributed by atoms with Crippen molar-refractivity contribution in [2.45, 2.75) is 44.1 Å². The fourth-order valence-corrected chi connectivity index (χ4v) is 3.95. The van der Waals surface area contributed by atoms with Crippen LogP contribution in [0.2, 0.25) is 0 Å². The lowest BCUT2D eigenvalue weighted by molar-refractivity contribution is -0.120. The number of fused-ring (bicyclic) bond motifs is 1. The summed E-state index contributed by atoms with van der Waals surface area (Å²) in [6.45, 7) is 0.333. The molecular weight excluding hydrogens is 320 g/mol. The zero-order valence-electron chi connectivity index (χ0n) is 14.2. The molecule has 0 bridgehead atoms. The first-order valence-corrected chi connectivity index (χ1v) is 8.80. The minimum Gasteiger partial charge on any atom is -0.392 e. The van der Waals surface area contributed by atoms with Gasteiger partial charge >= 0.3 is 6.03 Å². The second-order valence-corrected chi connectivity index (χ2v) is 6.94. The average molecular weight is 342 g/mol. The monoisotopic (exact) mass is 342 g/mol. The summed E-state index contributed by atoms with van der Waals surface area (Å²) in [4.78, 5) is 25.0. The van der Waals surface area contributed by atoms with Gasteiger partial charge in [0.15, 0.2) is 5.82 Å². The number of aromatic nitrogens is 2. The van der Waals surface area contributed by atoms with Crippen molar-refractivity contribution >= 4 is 28.7 Å². The number of nitrogens with one attached hydrogen (secondary N) is 1. The van der Waals surface area contributed by atoms with E-state index in [1.807, 2.05) is 19.2 Å². The fraction of sp³-hybridized carbons (Fsp3) is 0.500. The lowest BCUT2D eigenvalue weighted by Gasteiger charge is -2.28. The number of carbonyl (C=O) groups excluding carboxylic acids is 2. The van der Waals surface area contributed by atoms with Gasteiger partial charge in [-0.05, 0) is 30.5 Å². The molecule has 1 saturated carbocycles. The molecule has 132 valence electrons. The van der Waals surface area contributed by atoms with Crippen molar-refractivity contribution in [3.63, 3.8) is 0 Å². The molecule has 0 unspecified atom stereocenters. The zero-order chi connectivity index (χ0) is 17.6. The Hall–Kier alpha value is -2.41. The number of amides is 3. The van der Waals surface area contributed by atoms with Crippen LogP contribution in [-0.4, -0.2) is 39.5 Å². The summed E-state index contributed by atoms with van der Waals surface area (Å²) < 4.78 is 1.76. The van der Waals surface area contributed by atoms with Crippen LogP contribution in [0.1, 0.15) is 43.6 Å². The predicted octanol–water partition coefficient (Wildman–Crippen LogP) is 2.04. The molecular formula is C18H22N4O3. The van der Waals surface area contributed by atoms with Crippen LogP contribution in [0.5, 0.6) is 0 Å². The smallest absolute Gasteiger partial charge is 0.329 e. The lowest BCUT2D eigenvalue weighted by atomic mass is 9.81. The molecule has 25 heavy (non-hydrogen) atoms. The summed E-state index contributed by atoms with van der Waals surface area (Å²) in [7, 11) is 1.85. The largest absolute Gasteiger partial charge is 0.392 e. The third-order valence-corrected chi connectivity index (χ3v) is 5.32. The summed E-state index contributed by atoms with van der Waals surface area (Å²) in [6.07, 6.45) is 4.04. The van der Waals surface area contributed by atoms with Gasteiger partial charge in [0.05, 0.1) is 11.6 Å². The van der Waals surface area contributed by atoms with Gasteiger partial charge in [-0.1, -0.05) is 18.9 Å². The minimum absolute atomic E-state index is 0.160. The van der Waals surface area contributed by atoms with Crippen LogP contribution in [0, 0.1) is 0 Å². The summed E-state index contributed by atoms with van der Waals surface area (Å²) in [5.41, 5.74) is 2.04. The Morgan fingerprint density at radius 1 is 1.24 bits per heavy atom. The van der Waals surface area contributed by atoms with Gasteiger partial charge in [-0.25, -0.2) is 4.79 Å². The molecule has 3 amide bonds. The number of imide groups is 1. The molecule has 1 aromatic carbocycles. The van der Waals surface area contributed by atoms with Crippen LogP contribution >= 0.6 is 0 Å². The number of hydrogen-bond acceptors (Lipinski definition) is 4. The topological polar surface area (TPSA) is 87.5 Å². The third kappa shape index (κ3) is 2.78. The van der Waals surface area contributed by atoms with Gasteiger partial charge < -0.3 is 5.11 Å². The lowest BCUT2D eigenvalue weighted by Crippen LogP contribution is -2.49. The van der Waals surface area contributed by atoms with E-state index in [9.17, 15) is 14.7 Å². The van der Waals surface area contributed by atoms with Gasteiger partial charge in [-0.15, -0.1) is 0 Å². The highest BCUT2D eigenvalue weighted by molar-refractivity contribution is 6.08. The molecule has 2 N–H and O–H groups in total. The van der Waals surface area contributed by atoms with E-state index in [1.54, 1.807) is 4.68 Å². The van der Waals surface area contributed by atoms with Crippen LogP contribution in [0.3, 0.4) is 0 Å². The van der Waals surface area contributed by atoms with Crippen molar-refractivity contribution in [3.05, 3.63) is 23.8 Å². The molecule has 0 radical (unpaired) electrons. The van der Waals surface area contributed by atoms with Gasteiger partial charge in [0, 0.05) is 31.3 Å². The molecule has 7 nitrogen and oxygen atoms in total. The summed E-state index contributed by atoms with van der Waals surface area (Å²) in [5, 5.41) is 18.0. The SMILES string of the molecule is Cn1nc(N2CCC(=O)NC2=O)c2ccc([C@H]3CCCC[C@H]3O)cc21. The maximum atomic E-state index is 12.1. The van der Waals surface area contributed by atoms with Crippen LogP contribution in [0.25, 0.3) is 10.9 Å². The first-order valence-electron chi connectivity index (χ1n) is 8.80. The summed E-state index contributed by atoms with van der Waals surface area (Å²) in [6, 6.07) is 5.64. The van der Waals surface area contributed by atoms with E-state index in [4.69, 9.17) is 0 Å². The summed E-state index contributed by atoms with van der Waals surface area (Å²) in [5.74, 6) is 0.473. The van der Waals surface area contributed by atoms with E-state index in [0.29, 0.717) is 12.4 Å². The van der Waals surface area contributed by atoms with Crippen molar-refractivity contribution in [2.24, 2.45) is 7.05 Å². The second kappa shape index (κ2) is 6.15. The molecule has 1 aliphatic carbocycles. The first-order chi connectivity index (χ1) is 12.0. The number of benzene rings is 1. The van der Waals surface area contributed by atoms with E-state index in [0.717, 1.165) is 42.1 Å². The highest BCUT2D eigenvalue weighted by Gasteiger charge is 2.29. The van der Waals surface area contributed by atoms with Crippen molar-refractivity contribution in [2.75, 3.05) is 11.4 Å². The van der Waals surface area contributed by atoms with Gasteiger partial charge in [-0.2, -0.15) is 5.10 Å². The number of anilines is 1. The highest BCUT2D eigenvalue weighted by atomic mass is 16.3. The number of rotatable bonds is 2.